The summed E-state index contributed by atoms with van der Waals surface area (Å²) in [4.78, 5) is 11.8. The average molecular weight is 365 g/mol. The zero-order chi connectivity index (χ0) is 18.3. The standard InChI is InChI=1S/C20H15NO4S/c1-14-5-7-17(8-6-14)26(23,24)21-11-16(12-22)20-18(3-2-4-19(20)21)15-9-10-25-13-15/h2-13H,1H3. The summed E-state index contributed by atoms with van der Waals surface area (Å²) in [6, 6.07) is 13.7. The lowest BCUT2D eigenvalue weighted by Crippen LogP contribution is -2.11. The van der Waals surface area contributed by atoms with Gasteiger partial charge in [-0.1, -0.05) is 29.8 Å². The van der Waals surface area contributed by atoms with E-state index in [1.165, 1.54) is 16.4 Å². The zero-order valence-electron chi connectivity index (χ0n) is 13.9. The number of nitrogens with zero attached hydrogens (tertiary/aromatic N) is 1. The van der Waals surface area contributed by atoms with E-state index >= 15 is 0 Å². The first-order valence-electron chi connectivity index (χ1n) is 7.96. The minimum absolute atomic E-state index is 0.172. The van der Waals surface area contributed by atoms with Crippen molar-refractivity contribution >= 4 is 27.2 Å². The molecular weight excluding hydrogens is 350 g/mol. The summed E-state index contributed by atoms with van der Waals surface area (Å²) in [5, 5.41) is 0.583. The molecule has 0 spiro atoms. The van der Waals surface area contributed by atoms with Crippen molar-refractivity contribution in [2.75, 3.05) is 0 Å². The monoisotopic (exact) mass is 365 g/mol. The van der Waals surface area contributed by atoms with Crippen LogP contribution >= 0.6 is 0 Å². The van der Waals surface area contributed by atoms with Crippen LogP contribution in [-0.4, -0.2) is 18.7 Å². The van der Waals surface area contributed by atoms with Gasteiger partial charge in [0.25, 0.3) is 10.0 Å². The van der Waals surface area contributed by atoms with Gasteiger partial charge >= 0.3 is 0 Å². The molecule has 0 aliphatic carbocycles. The van der Waals surface area contributed by atoms with Crippen LogP contribution in [0.25, 0.3) is 22.0 Å². The maximum atomic E-state index is 13.1. The van der Waals surface area contributed by atoms with Crippen LogP contribution in [0.5, 0.6) is 0 Å². The van der Waals surface area contributed by atoms with Gasteiger partial charge < -0.3 is 4.42 Å². The van der Waals surface area contributed by atoms with E-state index in [0.717, 1.165) is 16.7 Å². The Morgan fingerprint density at radius 3 is 2.46 bits per heavy atom. The predicted molar refractivity (Wildman–Crippen MR) is 98.8 cm³/mol. The number of benzene rings is 2. The van der Waals surface area contributed by atoms with Crippen molar-refractivity contribution in [1.29, 1.82) is 0 Å². The minimum Gasteiger partial charge on any atom is -0.472 e. The Hall–Kier alpha value is -3.12. The molecule has 0 fully saturated rings. The molecular formula is C20H15NO4S. The van der Waals surface area contributed by atoms with Crippen LogP contribution < -0.4 is 0 Å². The first kappa shape index (κ1) is 16.4. The van der Waals surface area contributed by atoms with Gasteiger partial charge in [0.15, 0.2) is 6.29 Å². The van der Waals surface area contributed by atoms with Crippen LogP contribution in [-0.2, 0) is 10.0 Å². The summed E-state index contributed by atoms with van der Waals surface area (Å²) in [5.74, 6) is 0. The van der Waals surface area contributed by atoms with Gasteiger partial charge in [0.1, 0.15) is 0 Å². The third-order valence-electron chi connectivity index (χ3n) is 4.36. The Labute approximate surface area is 150 Å². The van der Waals surface area contributed by atoms with E-state index in [-0.39, 0.29) is 4.90 Å². The highest BCUT2D eigenvalue weighted by atomic mass is 32.2. The van der Waals surface area contributed by atoms with Crippen LogP contribution in [0.1, 0.15) is 15.9 Å². The molecule has 0 amide bonds. The van der Waals surface area contributed by atoms with Crippen molar-refractivity contribution < 1.29 is 17.6 Å². The van der Waals surface area contributed by atoms with Crippen molar-refractivity contribution in [3.05, 3.63) is 78.4 Å². The number of carbonyl (C=O) groups excluding carboxylic acids is 1. The molecule has 0 atom stereocenters. The molecule has 2 heterocycles. The highest BCUT2D eigenvalue weighted by molar-refractivity contribution is 7.90. The fraction of sp³-hybridized carbons (Fsp3) is 0.0500. The second kappa shape index (κ2) is 6.00. The van der Waals surface area contributed by atoms with Crippen molar-refractivity contribution in [2.45, 2.75) is 11.8 Å². The number of aldehydes is 1. The number of aromatic nitrogens is 1. The largest absolute Gasteiger partial charge is 0.472 e. The molecule has 5 nitrogen and oxygen atoms in total. The number of hydrogen-bond donors (Lipinski definition) is 0. The third kappa shape index (κ3) is 2.46. The molecule has 130 valence electrons. The van der Waals surface area contributed by atoms with Crippen molar-refractivity contribution in [1.82, 2.24) is 3.97 Å². The Morgan fingerprint density at radius 1 is 1.04 bits per heavy atom. The van der Waals surface area contributed by atoms with Crippen LogP contribution in [0.15, 0.2) is 76.6 Å². The molecule has 0 saturated heterocycles. The van der Waals surface area contributed by atoms with Crippen molar-refractivity contribution in [3.63, 3.8) is 0 Å². The van der Waals surface area contributed by atoms with Gasteiger partial charge in [-0.05, 0) is 36.8 Å². The summed E-state index contributed by atoms with van der Waals surface area (Å²) in [5.41, 5.74) is 3.26. The van der Waals surface area contributed by atoms with Crippen LogP contribution in [0.2, 0.25) is 0 Å². The Balaban J connectivity index is 2.02. The molecule has 0 aliphatic heterocycles. The molecule has 0 unspecified atom stereocenters. The maximum absolute atomic E-state index is 13.1. The highest BCUT2D eigenvalue weighted by Crippen LogP contribution is 2.34. The average Bonchev–Trinajstić information content (AvgIpc) is 3.30. The summed E-state index contributed by atoms with van der Waals surface area (Å²) >= 11 is 0. The number of furan rings is 1. The Kier molecular flexibility index (Phi) is 3.77. The summed E-state index contributed by atoms with van der Waals surface area (Å²) in [6.07, 6.45) is 5.15. The number of aryl methyl sites for hydroxylation is 1. The molecule has 26 heavy (non-hydrogen) atoms. The SMILES string of the molecule is Cc1ccc(S(=O)(=O)n2cc(C=O)c3c(-c4ccoc4)cccc32)cc1. The molecule has 4 rings (SSSR count). The maximum Gasteiger partial charge on any atom is 0.268 e. The van der Waals surface area contributed by atoms with E-state index in [1.54, 1.807) is 48.7 Å². The summed E-state index contributed by atoms with van der Waals surface area (Å²) < 4.78 is 32.5. The van der Waals surface area contributed by atoms with Crippen molar-refractivity contribution in [3.8, 4) is 11.1 Å². The van der Waals surface area contributed by atoms with E-state index in [2.05, 4.69) is 0 Å². The summed E-state index contributed by atoms with van der Waals surface area (Å²) in [7, 11) is -3.82. The topological polar surface area (TPSA) is 69.3 Å². The second-order valence-corrected chi connectivity index (χ2v) is 7.84. The van der Waals surface area contributed by atoms with Gasteiger partial charge in [-0.2, -0.15) is 0 Å². The molecule has 4 aromatic rings. The fourth-order valence-electron chi connectivity index (χ4n) is 3.06. The van der Waals surface area contributed by atoms with Gasteiger partial charge in [-0.3, -0.25) is 4.79 Å². The van der Waals surface area contributed by atoms with Crippen molar-refractivity contribution in [2.24, 2.45) is 0 Å². The predicted octanol–water partition coefficient (Wildman–Crippen LogP) is 4.26. The molecule has 0 aliphatic rings. The number of rotatable bonds is 4. The van der Waals surface area contributed by atoms with E-state index in [9.17, 15) is 13.2 Å². The van der Waals surface area contributed by atoms with Crippen LogP contribution in [0, 0.1) is 6.92 Å². The molecule has 0 saturated carbocycles. The Bertz CT molecular complexity index is 1200. The van der Waals surface area contributed by atoms with E-state index in [0.29, 0.717) is 22.8 Å². The third-order valence-corrected chi connectivity index (χ3v) is 6.05. The zero-order valence-corrected chi connectivity index (χ0v) is 14.7. The summed E-state index contributed by atoms with van der Waals surface area (Å²) in [6.45, 7) is 1.89. The van der Waals surface area contributed by atoms with Gasteiger partial charge in [0.2, 0.25) is 0 Å². The minimum atomic E-state index is -3.82. The number of carbonyl (C=O) groups is 1. The molecule has 2 aromatic carbocycles. The molecule has 6 heteroatoms. The van der Waals surface area contributed by atoms with Gasteiger partial charge in [0.05, 0.1) is 22.9 Å². The van der Waals surface area contributed by atoms with Crippen LogP contribution in [0.4, 0.5) is 0 Å². The lowest BCUT2D eigenvalue weighted by atomic mass is 10.0. The quantitative estimate of drug-likeness (QED) is 0.507. The molecule has 0 N–H and O–H groups in total. The van der Waals surface area contributed by atoms with Crippen LogP contribution in [0.3, 0.4) is 0 Å². The molecule has 0 bridgehead atoms. The van der Waals surface area contributed by atoms with E-state index in [1.807, 2.05) is 13.0 Å². The lowest BCUT2D eigenvalue weighted by molar-refractivity contribution is 0.112. The number of fused-ring (bicyclic) bond motifs is 1. The first-order chi connectivity index (χ1) is 12.5. The molecule has 0 radical (unpaired) electrons. The smallest absolute Gasteiger partial charge is 0.268 e. The van der Waals surface area contributed by atoms with E-state index < -0.39 is 10.0 Å². The van der Waals surface area contributed by atoms with Gasteiger partial charge in [0, 0.05) is 22.7 Å². The first-order valence-corrected chi connectivity index (χ1v) is 9.40. The number of hydrogen-bond acceptors (Lipinski definition) is 4. The molecule has 2 aromatic heterocycles. The lowest BCUT2D eigenvalue weighted by Gasteiger charge is -2.08. The Morgan fingerprint density at radius 2 is 1.81 bits per heavy atom. The normalized spacial score (nSPS) is 11.7. The highest BCUT2D eigenvalue weighted by Gasteiger charge is 2.23. The van der Waals surface area contributed by atoms with Gasteiger partial charge in [-0.15, -0.1) is 0 Å². The fourth-order valence-corrected chi connectivity index (χ4v) is 4.43. The van der Waals surface area contributed by atoms with E-state index in [4.69, 9.17) is 4.42 Å². The van der Waals surface area contributed by atoms with Gasteiger partial charge in [-0.25, -0.2) is 12.4 Å². The second-order valence-electron chi connectivity index (χ2n) is 6.03.